The molecule has 0 heterocycles. The van der Waals surface area contributed by atoms with Gasteiger partial charge in [0.15, 0.2) is 0 Å². The standard InChI is InChI=1S/C7H7O.C3H9Si.Mg/c1-8-7-5-3-2-4-6-7;1-4(2)3;/h2-5H,1H3;4H,1H2,2-3H3;/q2*-1;+2. The molecular weight excluding hydrogens is 188 g/mol. The summed E-state index contributed by atoms with van der Waals surface area (Å²) >= 11 is 0. The van der Waals surface area contributed by atoms with Crippen LogP contribution in [-0.2, 0) is 0 Å². The Bertz CT molecular complexity index is 187. The summed E-state index contributed by atoms with van der Waals surface area (Å²) in [5, 5.41) is 0. The van der Waals surface area contributed by atoms with Gasteiger partial charge in [-0.2, -0.15) is 18.2 Å². The molecule has 68 valence electrons. The summed E-state index contributed by atoms with van der Waals surface area (Å²) in [4.78, 5) is 0. The zero-order valence-corrected chi connectivity index (χ0v) is 11.3. The summed E-state index contributed by atoms with van der Waals surface area (Å²) < 4.78 is 4.86. The maximum atomic E-state index is 4.86. The molecule has 0 atom stereocenters. The van der Waals surface area contributed by atoms with Crippen LogP contribution in [0.3, 0.4) is 0 Å². The van der Waals surface area contributed by atoms with Crippen molar-refractivity contribution < 1.29 is 4.74 Å². The molecule has 0 aliphatic heterocycles. The van der Waals surface area contributed by atoms with E-state index in [4.69, 9.17) is 4.74 Å². The maximum Gasteiger partial charge on any atom is 2.00 e. The van der Waals surface area contributed by atoms with Crippen molar-refractivity contribution in [2.75, 3.05) is 7.11 Å². The molecular formula is C10H16MgOSi. The summed E-state index contributed by atoms with van der Waals surface area (Å²) in [6.07, 6.45) is 0. The molecule has 1 rings (SSSR count). The molecule has 0 aliphatic carbocycles. The molecule has 0 aliphatic rings. The Morgan fingerprint density at radius 3 is 2.15 bits per heavy atom. The van der Waals surface area contributed by atoms with Gasteiger partial charge in [-0.15, -0.1) is 20.9 Å². The predicted octanol–water partition coefficient (Wildman–Crippen LogP) is 1.96. The summed E-state index contributed by atoms with van der Waals surface area (Å²) in [7, 11) is 1.24. The molecule has 0 unspecified atom stereocenters. The number of para-hydroxylation sites is 1. The topological polar surface area (TPSA) is 9.23 Å². The Labute approximate surface area is 99.3 Å². The van der Waals surface area contributed by atoms with Gasteiger partial charge in [0.25, 0.3) is 0 Å². The minimum absolute atomic E-state index is 0. The average Bonchev–Trinajstić information content (AvgIpc) is 2.05. The monoisotopic (exact) mass is 204 g/mol. The zero-order chi connectivity index (χ0) is 9.40. The molecule has 1 aromatic rings. The average molecular weight is 205 g/mol. The Kier molecular flexibility index (Phi) is 12.0. The number of hydrogen-bond acceptors (Lipinski definition) is 1. The first kappa shape index (κ1) is 15.5. The third-order valence-corrected chi connectivity index (χ3v) is 0.900. The minimum atomic E-state index is -0.389. The first-order valence-corrected chi connectivity index (χ1v) is 7.13. The van der Waals surface area contributed by atoms with Crippen molar-refractivity contribution in [1.82, 2.24) is 0 Å². The molecule has 3 heteroatoms. The van der Waals surface area contributed by atoms with Crippen LogP contribution < -0.4 is 4.74 Å². The van der Waals surface area contributed by atoms with E-state index in [1.165, 1.54) is 0 Å². The van der Waals surface area contributed by atoms with E-state index in [9.17, 15) is 0 Å². The van der Waals surface area contributed by atoms with Gasteiger partial charge in [-0.1, -0.05) is 13.1 Å². The van der Waals surface area contributed by atoms with Crippen LogP contribution in [0, 0.1) is 12.6 Å². The van der Waals surface area contributed by atoms with Crippen molar-refractivity contribution in [1.29, 1.82) is 0 Å². The minimum Gasteiger partial charge on any atom is -0.523 e. The van der Waals surface area contributed by atoms with E-state index >= 15 is 0 Å². The predicted molar refractivity (Wildman–Crippen MR) is 61.8 cm³/mol. The van der Waals surface area contributed by atoms with Gasteiger partial charge in [0.1, 0.15) is 0 Å². The van der Waals surface area contributed by atoms with Gasteiger partial charge in [0, 0.05) is 5.75 Å². The normalized spacial score (nSPS) is 8.08. The van der Waals surface area contributed by atoms with Gasteiger partial charge in [0.05, 0.1) is 7.11 Å². The van der Waals surface area contributed by atoms with Crippen molar-refractivity contribution in [3.63, 3.8) is 0 Å². The molecule has 0 spiro atoms. The molecule has 0 saturated carbocycles. The van der Waals surface area contributed by atoms with Crippen LogP contribution in [0.4, 0.5) is 0 Å². The Hall–Kier alpha value is 0.00312. The van der Waals surface area contributed by atoms with E-state index in [0.717, 1.165) is 5.75 Å². The fourth-order valence-corrected chi connectivity index (χ4v) is 0.504. The molecule has 0 saturated heterocycles. The molecule has 1 nitrogen and oxygen atoms in total. The molecule has 0 aromatic heterocycles. The second kappa shape index (κ2) is 10.1. The van der Waals surface area contributed by atoms with Crippen molar-refractivity contribution in [2.24, 2.45) is 0 Å². The SMILES string of the molecule is COc1[c-]cccc1.[CH2-][SiH](C)C.[Mg+2]. The first-order valence-electron chi connectivity index (χ1n) is 4.00. The number of benzene rings is 1. The zero-order valence-electron chi connectivity index (χ0n) is 8.71. The van der Waals surface area contributed by atoms with Crippen LogP contribution in [0.2, 0.25) is 13.1 Å². The number of hydrogen-bond donors (Lipinski definition) is 0. The van der Waals surface area contributed by atoms with E-state index < -0.39 is 0 Å². The van der Waals surface area contributed by atoms with Gasteiger partial charge in [-0.25, -0.2) is 0 Å². The molecule has 0 bridgehead atoms. The summed E-state index contributed by atoms with van der Waals surface area (Å²) in [5.74, 6) is 0.785. The first-order chi connectivity index (χ1) is 5.66. The summed E-state index contributed by atoms with van der Waals surface area (Å²) in [6.45, 7) is 8.17. The molecule has 13 heavy (non-hydrogen) atoms. The molecule has 0 radical (unpaired) electrons. The second-order valence-corrected chi connectivity index (χ2v) is 5.61. The van der Waals surface area contributed by atoms with Gasteiger partial charge in [-0.05, 0) is 0 Å². The van der Waals surface area contributed by atoms with Crippen molar-refractivity contribution >= 4 is 31.8 Å². The van der Waals surface area contributed by atoms with Gasteiger partial charge in [0.2, 0.25) is 0 Å². The van der Waals surface area contributed by atoms with E-state index in [2.05, 4.69) is 25.7 Å². The maximum absolute atomic E-state index is 4.86. The summed E-state index contributed by atoms with van der Waals surface area (Å²) in [5.41, 5.74) is 0. The van der Waals surface area contributed by atoms with Crippen LogP contribution in [0.15, 0.2) is 24.3 Å². The van der Waals surface area contributed by atoms with Crippen LogP contribution in [0.5, 0.6) is 5.75 Å². The Morgan fingerprint density at radius 1 is 1.38 bits per heavy atom. The Balaban J connectivity index is 0. The fraction of sp³-hybridized carbons (Fsp3) is 0.300. The molecule has 0 fully saturated rings. The van der Waals surface area contributed by atoms with Crippen molar-refractivity contribution in [2.45, 2.75) is 13.1 Å². The van der Waals surface area contributed by atoms with Crippen LogP contribution >= 0.6 is 0 Å². The van der Waals surface area contributed by atoms with Gasteiger partial charge >= 0.3 is 23.1 Å². The third-order valence-electron chi connectivity index (χ3n) is 0.900. The van der Waals surface area contributed by atoms with Crippen LogP contribution in [0.1, 0.15) is 0 Å². The molecule has 1 aromatic carbocycles. The van der Waals surface area contributed by atoms with Crippen molar-refractivity contribution in [3.8, 4) is 5.75 Å². The van der Waals surface area contributed by atoms with Crippen LogP contribution in [0.25, 0.3) is 0 Å². The second-order valence-electron chi connectivity index (χ2n) is 2.82. The largest absolute Gasteiger partial charge is 2.00 e. The smallest absolute Gasteiger partial charge is 0.523 e. The fourth-order valence-electron chi connectivity index (χ4n) is 0.504. The van der Waals surface area contributed by atoms with Crippen molar-refractivity contribution in [3.05, 3.63) is 36.9 Å². The van der Waals surface area contributed by atoms with Crippen LogP contribution in [-0.4, -0.2) is 39.0 Å². The molecule has 0 N–H and O–H groups in total. The van der Waals surface area contributed by atoms with Gasteiger partial charge in [-0.3, -0.25) is 0 Å². The number of rotatable bonds is 1. The number of ether oxygens (including phenoxy) is 1. The van der Waals surface area contributed by atoms with E-state index in [-0.39, 0.29) is 31.8 Å². The summed E-state index contributed by atoms with van der Waals surface area (Å²) in [6, 6.07) is 10.4. The van der Waals surface area contributed by atoms with Gasteiger partial charge < -0.3 is 11.3 Å². The third kappa shape index (κ3) is 12.0. The molecule has 0 amide bonds. The Morgan fingerprint density at radius 2 is 1.92 bits per heavy atom. The quantitative estimate of drug-likeness (QED) is 0.502. The number of methoxy groups -OCH3 is 1. The van der Waals surface area contributed by atoms with E-state index in [1.54, 1.807) is 7.11 Å². The van der Waals surface area contributed by atoms with E-state index in [1.807, 2.05) is 24.3 Å². The van der Waals surface area contributed by atoms with E-state index in [0.29, 0.717) is 0 Å².